The predicted molar refractivity (Wildman–Crippen MR) is 526 cm³/mol. The molecule has 16 aromatic rings. The van der Waals surface area contributed by atoms with E-state index in [1.54, 1.807) is 0 Å². The van der Waals surface area contributed by atoms with Crippen molar-refractivity contribution in [3.63, 3.8) is 0 Å². The molecule has 0 amide bonds. The lowest BCUT2D eigenvalue weighted by molar-refractivity contribution is 0.521. The average molecular weight is 1600 g/mol. The number of hydrogen-bond donors (Lipinski definition) is 0. The smallest absolute Gasteiger partial charge is 0.252 e. The highest BCUT2D eigenvalue weighted by atomic mass is 15.2. The first-order valence-corrected chi connectivity index (χ1v) is 45.2. The molecular formula is C118H104B2N4. The van der Waals surface area contributed by atoms with Crippen LogP contribution in [-0.4, -0.2) is 13.4 Å². The van der Waals surface area contributed by atoms with Crippen molar-refractivity contribution in [3.05, 3.63) is 415 Å². The van der Waals surface area contributed by atoms with Gasteiger partial charge in [0.05, 0.1) is 5.69 Å². The van der Waals surface area contributed by atoms with E-state index in [2.05, 4.69) is 447 Å². The molecule has 0 bridgehead atoms. The number of benzene rings is 16. The van der Waals surface area contributed by atoms with E-state index in [4.69, 9.17) is 0 Å². The van der Waals surface area contributed by atoms with Crippen molar-refractivity contribution in [3.8, 4) is 0 Å². The van der Waals surface area contributed by atoms with Crippen LogP contribution in [0.3, 0.4) is 0 Å². The number of fused-ring (bicyclic) bond motifs is 18. The first kappa shape index (κ1) is 75.1. The molecule has 0 saturated heterocycles. The van der Waals surface area contributed by atoms with Gasteiger partial charge in [-0.15, -0.1) is 0 Å². The summed E-state index contributed by atoms with van der Waals surface area (Å²) < 4.78 is 0. The van der Waals surface area contributed by atoms with Crippen molar-refractivity contribution in [2.75, 3.05) is 19.6 Å². The Bertz CT molecular complexity index is 7380. The van der Waals surface area contributed by atoms with E-state index in [-0.39, 0.29) is 56.7 Å². The SMILES string of the molecule is Cc1ccc(N2c3cc4c(cc3B3c5cc6c(cc5N(c5ccc7cc(Cc8ccc(N9c%10cc%11c(cc%10B%10c%12cc%13c(cc%12N(c%12cccc%14ccccc%12%14)c%12cccc9c%12%10)C(C)(C)c9ccccc9C%13(C)C)C(C)(C)c9ccccc9C%11(C)C)cc8)ccc7c5)c5cccc2c53)C(C)(C)c2ccccc2C6(C)C)C(C)(C)c2ccccc2C4(C)C)cc1. The van der Waals surface area contributed by atoms with Crippen LogP contribution < -0.4 is 52.4 Å². The zero-order valence-electron chi connectivity index (χ0n) is 74.6. The second-order valence-electron chi connectivity index (χ2n) is 41.7. The van der Waals surface area contributed by atoms with Gasteiger partial charge < -0.3 is 19.6 Å². The first-order valence-electron chi connectivity index (χ1n) is 45.2. The van der Waals surface area contributed by atoms with Gasteiger partial charge in [-0.05, 0) is 253 Å². The third-order valence-electron chi connectivity index (χ3n) is 32.1. The fourth-order valence-corrected chi connectivity index (χ4v) is 25.4. The van der Waals surface area contributed by atoms with E-state index in [1.807, 2.05) is 0 Å². The molecule has 0 spiro atoms. The fraction of sp³-hybridized carbons (Fsp3) is 0.220. The maximum Gasteiger partial charge on any atom is 0.252 e. The normalized spacial score (nSPS) is 17.7. The topological polar surface area (TPSA) is 13.0 Å². The molecule has 0 N–H and O–H groups in total. The minimum Gasteiger partial charge on any atom is -0.311 e. The first-order chi connectivity index (χ1) is 59.4. The van der Waals surface area contributed by atoms with Crippen LogP contribution in [0.15, 0.2) is 309 Å². The lowest BCUT2D eigenvalue weighted by Crippen LogP contribution is -2.62. The van der Waals surface area contributed by atoms with Crippen molar-refractivity contribution in [1.82, 2.24) is 0 Å². The molecule has 8 aliphatic rings. The Morgan fingerprint density at radius 2 is 0.476 bits per heavy atom. The monoisotopic (exact) mass is 1600 g/mol. The highest BCUT2D eigenvalue weighted by molar-refractivity contribution is 7.01. The Morgan fingerprint density at radius 3 is 0.863 bits per heavy atom. The lowest BCUT2D eigenvalue weighted by atomic mass is 9.32. The molecular weight excluding hydrogens is 1490 g/mol. The number of rotatable bonds is 6. The Kier molecular flexibility index (Phi) is 15.3. The van der Waals surface area contributed by atoms with E-state index in [0.717, 1.165) is 17.8 Å². The summed E-state index contributed by atoms with van der Waals surface area (Å²) in [6.45, 7) is 41.5. The van der Waals surface area contributed by atoms with Gasteiger partial charge in [-0.2, -0.15) is 0 Å². The maximum absolute atomic E-state index is 2.69. The van der Waals surface area contributed by atoms with Crippen molar-refractivity contribution >= 4 is 136 Å². The number of aryl methyl sites for hydroxylation is 1. The van der Waals surface area contributed by atoms with Crippen LogP contribution in [0.5, 0.6) is 0 Å². The van der Waals surface area contributed by atoms with Crippen LogP contribution in [0.1, 0.15) is 216 Å². The molecule has 0 unspecified atom stereocenters. The molecule has 0 aromatic heterocycles. The molecule has 124 heavy (non-hydrogen) atoms. The zero-order valence-corrected chi connectivity index (χ0v) is 74.6. The van der Waals surface area contributed by atoms with E-state index >= 15 is 0 Å². The molecule has 16 aromatic carbocycles. The van der Waals surface area contributed by atoms with E-state index in [0.29, 0.717) is 0 Å². The maximum atomic E-state index is 2.69. The summed E-state index contributed by atoms with van der Waals surface area (Å²) in [5, 5.41) is 4.91. The molecule has 4 nitrogen and oxygen atoms in total. The van der Waals surface area contributed by atoms with Gasteiger partial charge >= 0.3 is 0 Å². The van der Waals surface area contributed by atoms with Crippen molar-refractivity contribution in [2.45, 2.75) is 167 Å². The van der Waals surface area contributed by atoms with Crippen LogP contribution in [0.2, 0.25) is 0 Å². The molecule has 24 rings (SSSR count). The standard InChI is InChI=1S/C118H104B2N4/c1-70-47-54-76(55-48-70)121-101-43-29-45-103-109(101)119(96-62-88-92(66-105(96)121)115(10,11)84-38-24-20-34-80(84)111(88,2)3)98-64-90-94(117(14,15)86-40-26-22-36-82(86)113(90,6)7)68-107(98)123(103)78-58-53-74-60-72(49-52-75(74)61-78)59-71-50-56-77(57-51-71)122-102-44-30-46-104-110(102)120(97-63-89-93(67-106(97)122)116(12,13)85-39-25-21-35-81(85)112(89,4)5)99-65-91-95(118(16,17)87-41-27-23-37-83(87)114(91,8)9)69-108(99)124(104)100-42-28-32-73-31-18-19-33-79(73)100/h18-58,60-69H,59H2,1-17H3. The second kappa shape index (κ2) is 25.3. The Balaban J connectivity index is 0.642. The summed E-state index contributed by atoms with van der Waals surface area (Å²) in [6.07, 6.45) is 0.785. The van der Waals surface area contributed by atoms with Gasteiger partial charge in [0.25, 0.3) is 13.4 Å². The largest absolute Gasteiger partial charge is 0.311 e. The highest BCUT2D eigenvalue weighted by Crippen LogP contribution is 2.60. The third kappa shape index (κ3) is 10.0. The number of hydrogen-bond acceptors (Lipinski definition) is 4. The minimum absolute atomic E-state index is 0.0679. The van der Waals surface area contributed by atoms with E-state index in [9.17, 15) is 0 Å². The Morgan fingerprint density at radius 1 is 0.202 bits per heavy atom. The van der Waals surface area contributed by atoms with Gasteiger partial charge in [-0.1, -0.05) is 335 Å². The Hall–Kier alpha value is -12.6. The molecule has 4 aliphatic carbocycles. The molecule has 0 radical (unpaired) electrons. The van der Waals surface area contributed by atoms with Gasteiger partial charge in [0.1, 0.15) is 0 Å². The van der Waals surface area contributed by atoms with E-state index < -0.39 is 0 Å². The zero-order chi connectivity index (χ0) is 84.9. The summed E-state index contributed by atoms with van der Waals surface area (Å²) in [6, 6.07) is 122. The summed E-state index contributed by atoms with van der Waals surface area (Å²) in [4.78, 5) is 10.6. The third-order valence-corrected chi connectivity index (χ3v) is 32.1. The van der Waals surface area contributed by atoms with Gasteiger partial charge in [0.15, 0.2) is 0 Å². The van der Waals surface area contributed by atoms with Crippen molar-refractivity contribution < 1.29 is 0 Å². The predicted octanol–water partition coefficient (Wildman–Crippen LogP) is 25.9. The second-order valence-corrected chi connectivity index (χ2v) is 41.7. The molecule has 4 aliphatic heterocycles. The molecule has 0 atom stereocenters. The van der Waals surface area contributed by atoms with Crippen molar-refractivity contribution in [2.24, 2.45) is 0 Å². The summed E-state index contributed by atoms with van der Waals surface area (Å²) in [5.41, 5.74) is 46.8. The van der Waals surface area contributed by atoms with Gasteiger partial charge in [-0.25, -0.2) is 0 Å². The van der Waals surface area contributed by atoms with Gasteiger partial charge in [-0.3, -0.25) is 0 Å². The van der Waals surface area contributed by atoms with Gasteiger partial charge in [0, 0.05) is 111 Å². The number of anilines is 12. The van der Waals surface area contributed by atoms with E-state index in [1.165, 1.54) is 217 Å². The molecule has 0 saturated carbocycles. The summed E-state index contributed by atoms with van der Waals surface area (Å²) in [7, 11) is 0. The van der Waals surface area contributed by atoms with Crippen LogP contribution in [-0.2, 0) is 49.7 Å². The molecule has 602 valence electrons. The van der Waals surface area contributed by atoms with Crippen LogP contribution in [0.25, 0.3) is 21.5 Å². The fourth-order valence-electron chi connectivity index (χ4n) is 25.4. The summed E-state index contributed by atoms with van der Waals surface area (Å²) >= 11 is 0. The molecule has 4 heterocycles. The van der Waals surface area contributed by atoms with Crippen molar-refractivity contribution in [1.29, 1.82) is 0 Å². The number of nitrogens with zero attached hydrogens (tertiary/aromatic N) is 4. The summed E-state index contributed by atoms with van der Waals surface area (Å²) in [5.74, 6) is 0. The molecule has 6 heteroatoms. The highest BCUT2D eigenvalue weighted by Gasteiger charge is 2.54. The molecule has 0 fully saturated rings. The average Bonchev–Trinajstić information content (AvgIpc) is 0.680. The van der Waals surface area contributed by atoms with Crippen LogP contribution in [0.4, 0.5) is 68.2 Å². The van der Waals surface area contributed by atoms with Gasteiger partial charge in [0.2, 0.25) is 0 Å². The van der Waals surface area contributed by atoms with Crippen LogP contribution in [0, 0.1) is 6.92 Å². The van der Waals surface area contributed by atoms with Crippen LogP contribution >= 0.6 is 0 Å². The Labute approximate surface area is 733 Å². The minimum atomic E-state index is -0.274. The quantitative estimate of drug-likeness (QED) is 0.154. The lowest BCUT2D eigenvalue weighted by Gasteiger charge is -2.49.